The normalized spacial score (nSPS) is 12.0. The number of ether oxygens (including phenoxy) is 1. The largest absolute Gasteiger partial charge is 0.461 e. The number of benzene rings is 1. The number of hydrogen-bond acceptors (Lipinski definition) is 7. The number of anilines is 1. The van der Waals surface area contributed by atoms with E-state index in [9.17, 15) is 14.4 Å². The maximum absolute atomic E-state index is 13.2. The van der Waals surface area contributed by atoms with Crippen LogP contribution < -0.4 is 10.9 Å². The molecule has 0 saturated carbocycles. The number of fused-ring (bicyclic) bond motifs is 1. The minimum absolute atomic E-state index is 0.0897. The summed E-state index contributed by atoms with van der Waals surface area (Å²) >= 11 is 6.11. The van der Waals surface area contributed by atoms with Crippen molar-refractivity contribution >= 4 is 40.3 Å². The van der Waals surface area contributed by atoms with E-state index in [4.69, 9.17) is 20.9 Å². The van der Waals surface area contributed by atoms with Crippen molar-refractivity contribution in [3.63, 3.8) is 0 Å². The quantitative estimate of drug-likeness (QED) is 0.611. The number of halogens is 1. The monoisotopic (exact) mass is 418 g/mol. The third kappa shape index (κ3) is 3.86. The van der Waals surface area contributed by atoms with Crippen molar-refractivity contribution in [1.29, 1.82) is 0 Å². The fourth-order valence-electron chi connectivity index (χ4n) is 2.99. The Morgan fingerprint density at radius 3 is 2.69 bits per heavy atom. The lowest BCUT2D eigenvalue weighted by Gasteiger charge is -2.20. The van der Waals surface area contributed by atoms with Crippen molar-refractivity contribution in [3.8, 4) is 0 Å². The van der Waals surface area contributed by atoms with Crippen LogP contribution in [0, 0.1) is 6.92 Å². The number of carbonyl (C=O) groups excluding carboxylic acids is 2. The minimum atomic E-state index is -0.888. The molecule has 0 aliphatic rings. The minimum Gasteiger partial charge on any atom is -0.461 e. The molecular weight excluding hydrogens is 400 g/mol. The van der Waals surface area contributed by atoms with Crippen LogP contribution in [-0.4, -0.2) is 33.2 Å². The van der Waals surface area contributed by atoms with E-state index in [-0.39, 0.29) is 29.2 Å². The number of rotatable bonds is 6. The van der Waals surface area contributed by atoms with E-state index in [1.165, 1.54) is 4.57 Å². The molecule has 10 heteroatoms. The van der Waals surface area contributed by atoms with Gasteiger partial charge in [0.2, 0.25) is 11.6 Å². The number of hydrogen-bond donors (Lipinski definition) is 1. The van der Waals surface area contributed by atoms with Crippen LogP contribution >= 0.6 is 11.6 Å². The zero-order valence-corrected chi connectivity index (χ0v) is 16.8. The van der Waals surface area contributed by atoms with E-state index >= 15 is 0 Å². The summed E-state index contributed by atoms with van der Waals surface area (Å²) < 4.78 is 11.2. The average molecular weight is 419 g/mol. The Morgan fingerprint density at radius 1 is 1.31 bits per heavy atom. The molecule has 0 radical (unpaired) electrons. The molecule has 0 saturated heterocycles. The van der Waals surface area contributed by atoms with Crippen LogP contribution in [0.15, 0.2) is 33.6 Å². The summed E-state index contributed by atoms with van der Waals surface area (Å²) in [6, 6.07) is 5.89. The smallest absolute Gasteiger partial charge is 0.361 e. The van der Waals surface area contributed by atoms with Gasteiger partial charge < -0.3 is 14.6 Å². The molecule has 9 nitrogen and oxygen atoms in total. The number of esters is 1. The van der Waals surface area contributed by atoms with E-state index in [0.717, 1.165) is 0 Å². The van der Waals surface area contributed by atoms with Crippen molar-refractivity contribution in [2.45, 2.75) is 33.2 Å². The van der Waals surface area contributed by atoms with Gasteiger partial charge in [0.05, 0.1) is 17.3 Å². The van der Waals surface area contributed by atoms with Gasteiger partial charge in [-0.05, 0) is 32.4 Å². The summed E-state index contributed by atoms with van der Waals surface area (Å²) in [5.41, 5.74) is -0.546. The van der Waals surface area contributed by atoms with E-state index in [2.05, 4.69) is 15.5 Å². The molecule has 0 spiro atoms. The highest BCUT2D eigenvalue weighted by molar-refractivity contribution is 6.33. The average Bonchev–Trinajstić information content (AvgIpc) is 3.11. The second-order valence-corrected chi connectivity index (χ2v) is 6.57. The summed E-state index contributed by atoms with van der Waals surface area (Å²) in [5, 5.41) is 6.59. The molecule has 2 aromatic heterocycles. The lowest BCUT2D eigenvalue weighted by Crippen LogP contribution is -2.35. The van der Waals surface area contributed by atoms with E-state index in [1.807, 2.05) is 0 Å². The maximum atomic E-state index is 13.2. The van der Waals surface area contributed by atoms with E-state index in [1.54, 1.807) is 45.0 Å². The number of aromatic nitrogens is 3. The van der Waals surface area contributed by atoms with Gasteiger partial charge in [0.1, 0.15) is 17.3 Å². The first-order valence-electron chi connectivity index (χ1n) is 9.00. The first kappa shape index (κ1) is 20.5. The molecule has 3 aromatic rings. The van der Waals surface area contributed by atoms with Crippen molar-refractivity contribution in [2.75, 3.05) is 11.9 Å². The Morgan fingerprint density at radius 2 is 2.03 bits per heavy atom. The summed E-state index contributed by atoms with van der Waals surface area (Å²) in [5.74, 6) is -0.995. The highest BCUT2D eigenvalue weighted by Gasteiger charge is 2.28. The Hall–Kier alpha value is -3.20. The summed E-state index contributed by atoms with van der Waals surface area (Å²) in [7, 11) is 0. The van der Waals surface area contributed by atoms with Gasteiger partial charge in [-0.2, -0.15) is 4.98 Å². The first-order valence-corrected chi connectivity index (χ1v) is 9.37. The lowest BCUT2D eigenvalue weighted by molar-refractivity contribution is -0.119. The van der Waals surface area contributed by atoms with Crippen LogP contribution in [0.2, 0.25) is 5.02 Å². The molecule has 1 atom stereocenters. The number of amides is 1. The van der Waals surface area contributed by atoms with Gasteiger partial charge in [-0.3, -0.25) is 14.2 Å². The van der Waals surface area contributed by atoms with Crippen LogP contribution in [0.1, 0.15) is 42.6 Å². The number of carbonyl (C=O) groups is 2. The number of para-hydroxylation sites is 1. The Bertz CT molecular complexity index is 1140. The lowest BCUT2D eigenvalue weighted by atomic mass is 10.1. The predicted octanol–water partition coefficient (Wildman–Crippen LogP) is 3.11. The van der Waals surface area contributed by atoms with Crippen LogP contribution in [0.4, 0.5) is 5.69 Å². The highest BCUT2D eigenvalue weighted by atomic mass is 35.5. The Balaban J connectivity index is 2.07. The molecule has 1 amide bonds. The zero-order chi connectivity index (χ0) is 21.1. The van der Waals surface area contributed by atoms with Crippen molar-refractivity contribution < 1.29 is 18.8 Å². The van der Waals surface area contributed by atoms with E-state index in [0.29, 0.717) is 17.1 Å². The molecule has 0 fully saturated rings. The van der Waals surface area contributed by atoms with Gasteiger partial charge in [-0.1, -0.05) is 35.8 Å². The van der Waals surface area contributed by atoms with Gasteiger partial charge in [0.25, 0.3) is 11.3 Å². The molecule has 0 bridgehead atoms. The Labute approximate surface area is 170 Å². The number of nitrogens with zero attached hydrogens (tertiary/aromatic N) is 3. The third-order valence-corrected chi connectivity index (χ3v) is 4.65. The Kier molecular flexibility index (Phi) is 5.97. The standard InChI is InChI=1S/C19H19ClN4O5/c1-4-13(16(25)22-12-9-7-6-8-11(12)20)24-10(3)21-17-14(18(24)26)15(23-29-17)19(27)28-5-2/h6-9,13H,4-5H2,1-3H3,(H,22,25). The van der Waals surface area contributed by atoms with Crippen molar-refractivity contribution in [3.05, 3.63) is 51.2 Å². The van der Waals surface area contributed by atoms with Crippen LogP contribution in [0.5, 0.6) is 0 Å². The van der Waals surface area contributed by atoms with Gasteiger partial charge in [0.15, 0.2) is 0 Å². The second-order valence-electron chi connectivity index (χ2n) is 6.16. The van der Waals surface area contributed by atoms with Gasteiger partial charge in [0, 0.05) is 0 Å². The molecule has 152 valence electrons. The van der Waals surface area contributed by atoms with Crippen LogP contribution in [0.3, 0.4) is 0 Å². The molecule has 1 unspecified atom stereocenters. The fourth-order valence-corrected chi connectivity index (χ4v) is 3.17. The molecular formula is C19H19ClN4O5. The molecule has 1 aromatic carbocycles. The second kappa shape index (κ2) is 8.44. The maximum Gasteiger partial charge on any atom is 0.361 e. The molecule has 29 heavy (non-hydrogen) atoms. The fraction of sp³-hybridized carbons (Fsp3) is 0.316. The number of nitrogens with one attached hydrogen (secondary N) is 1. The van der Waals surface area contributed by atoms with Crippen molar-refractivity contribution in [2.24, 2.45) is 0 Å². The van der Waals surface area contributed by atoms with Gasteiger partial charge >= 0.3 is 5.97 Å². The zero-order valence-electron chi connectivity index (χ0n) is 16.1. The summed E-state index contributed by atoms with van der Waals surface area (Å²) in [6.07, 6.45) is 0.296. The van der Waals surface area contributed by atoms with Crippen LogP contribution in [0.25, 0.3) is 11.1 Å². The third-order valence-electron chi connectivity index (χ3n) is 4.32. The number of aryl methyl sites for hydroxylation is 1. The SMILES string of the molecule is CCOC(=O)c1noc2nc(C)n(C(CC)C(=O)Nc3ccccc3Cl)c(=O)c12. The highest BCUT2D eigenvalue weighted by Crippen LogP contribution is 2.23. The van der Waals surface area contributed by atoms with Gasteiger partial charge in [-0.25, -0.2) is 4.79 Å². The predicted molar refractivity (Wildman–Crippen MR) is 106 cm³/mol. The molecule has 0 aliphatic heterocycles. The van der Waals surface area contributed by atoms with E-state index < -0.39 is 23.5 Å². The molecule has 1 N–H and O–H groups in total. The van der Waals surface area contributed by atoms with Crippen LogP contribution in [-0.2, 0) is 9.53 Å². The summed E-state index contributed by atoms with van der Waals surface area (Å²) in [4.78, 5) is 42.4. The molecule has 0 aliphatic carbocycles. The molecule has 2 heterocycles. The first-order chi connectivity index (χ1) is 13.9. The molecule has 3 rings (SSSR count). The topological polar surface area (TPSA) is 116 Å². The van der Waals surface area contributed by atoms with Crippen molar-refractivity contribution in [1.82, 2.24) is 14.7 Å². The summed E-state index contributed by atoms with van der Waals surface area (Å²) in [6.45, 7) is 5.07. The van der Waals surface area contributed by atoms with Gasteiger partial charge in [-0.15, -0.1) is 0 Å².